The molecule has 2 fully saturated rings. The van der Waals surface area contributed by atoms with E-state index in [2.05, 4.69) is 37.2 Å². The minimum absolute atomic E-state index is 0.150. The van der Waals surface area contributed by atoms with Crippen molar-refractivity contribution in [3.05, 3.63) is 24.2 Å². The molecule has 2 atom stereocenters. The Morgan fingerprint density at radius 1 is 1.28 bits per heavy atom. The average molecular weight is 399 g/mol. The third-order valence-electron chi connectivity index (χ3n) is 5.89. The van der Waals surface area contributed by atoms with Crippen molar-refractivity contribution < 1.29 is 9.32 Å². The molecule has 1 amide bonds. The normalized spacial score (nSPS) is 23.2. The maximum absolute atomic E-state index is 12.5. The summed E-state index contributed by atoms with van der Waals surface area (Å²) in [5.41, 5.74) is 0.853. The fourth-order valence-electron chi connectivity index (χ4n) is 4.38. The lowest BCUT2D eigenvalue weighted by Crippen LogP contribution is -2.51. The standard InChI is InChI=1S/C21H30N6O2/c1-15-5-3-6-17(13-15)24-19(28)14-26-9-11-27(12-10-26)20-18(7-4-8-22-20)21-23-16(2)25-29-21/h4,7-8,15,17H,3,5-6,9-14H2,1-2H3,(H,24,28). The van der Waals surface area contributed by atoms with Gasteiger partial charge in [-0.1, -0.05) is 24.9 Å². The van der Waals surface area contributed by atoms with Crippen LogP contribution in [0.2, 0.25) is 0 Å². The van der Waals surface area contributed by atoms with Crippen LogP contribution in [0.1, 0.15) is 38.4 Å². The molecule has 0 bridgehead atoms. The van der Waals surface area contributed by atoms with Crippen molar-refractivity contribution in [2.24, 2.45) is 5.92 Å². The van der Waals surface area contributed by atoms with E-state index in [1.54, 1.807) is 13.1 Å². The number of hydrogen-bond donors (Lipinski definition) is 1. The van der Waals surface area contributed by atoms with Crippen LogP contribution < -0.4 is 10.2 Å². The van der Waals surface area contributed by atoms with Gasteiger partial charge in [-0.25, -0.2) is 4.98 Å². The molecule has 2 aromatic rings. The molecule has 1 aliphatic heterocycles. The largest absolute Gasteiger partial charge is 0.353 e. The van der Waals surface area contributed by atoms with Crippen LogP contribution in [0.5, 0.6) is 0 Å². The van der Waals surface area contributed by atoms with E-state index in [1.807, 2.05) is 12.1 Å². The Morgan fingerprint density at radius 3 is 2.83 bits per heavy atom. The summed E-state index contributed by atoms with van der Waals surface area (Å²) in [6.07, 6.45) is 6.51. The van der Waals surface area contributed by atoms with Crippen LogP contribution in [0, 0.1) is 12.8 Å². The number of amides is 1. The number of carbonyl (C=O) groups excluding carboxylic acids is 1. The van der Waals surface area contributed by atoms with E-state index >= 15 is 0 Å². The van der Waals surface area contributed by atoms with E-state index in [1.165, 1.54) is 12.8 Å². The van der Waals surface area contributed by atoms with E-state index in [9.17, 15) is 4.79 Å². The summed E-state index contributed by atoms with van der Waals surface area (Å²) in [5, 5.41) is 7.13. The maximum atomic E-state index is 12.5. The lowest BCUT2D eigenvalue weighted by Gasteiger charge is -2.36. The zero-order valence-corrected chi connectivity index (χ0v) is 17.3. The number of nitrogens with zero attached hydrogens (tertiary/aromatic N) is 5. The third-order valence-corrected chi connectivity index (χ3v) is 5.89. The molecule has 0 spiro atoms. The van der Waals surface area contributed by atoms with Crippen molar-refractivity contribution in [1.29, 1.82) is 0 Å². The zero-order chi connectivity index (χ0) is 20.2. The molecule has 156 valence electrons. The highest BCUT2D eigenvalue weighted by molar-refractivity contribution is 5.78. The summed E-state index contributed by atoms with van der Waals surface area (Å²) in [7, 11) is 0. The fourth-order valence-corrected chi connectivity index (χ4v) is 4.38. The molecular formula is C21H30N6O2. The number of piperazine rings is 1. The van der Waals surface area contributed by atoms with Gasteiger partial charge in [-0.15, -0.1) is 0 Å². The molecule has 2 aliphatic rings. The molecule has 2 unspecified atom stereocenters. The molecular weight excluding hydrogens is 368 g/mol. The first-order chi connectivity index (χ1) is 14.1. The van der Waals surface area contributed by atoms with E-state index in [4.69, 9.17) is 4.52 Å². The topological polar surface area (TPSA) is 87.4 Å². The summed E-state index contributed by atoms with van der Waals surface area (Å²) >= 11 is 0. The van der Waals surface area contributed by atoms with E-state index in [0.717, 1.165) is 50.4 Å². The number of hydrogen-bond acceptors (Lipinski definition) is 7. The van der Waals surface area contributed by atoms with Gasteiger partial charge in [-0.05, 0) is 37.8 Å². The van der Waals surface area contributed by atoms with Crippen LogP contribution in [0.25, 0.3) is 11.5 Å². The van der Waals surface area contributed by atoms with Gasteiger partial charge in [-0.3, -0.25) is 9.69 Å². The van der Waals surface area contributed by atoms with Gasteiger partial charge in [-0.2, -0.15) is 4.98 Å². The van der Waals surface area contributed by atoms with Crippen LogP contribution >= 0.6 is 0 Å². The first kappa shape index (κ1) is 19.8. The van der Waals surface area contributed by atoms with Crippen molar-refractivity contribution in [2.45, 2.75) is 45.6 Å². The SMILES string of the molecule is Cc1noc(-c2cccnc2N2CCN(CC(=O)NC3CCCC(C)C3)CC2)n1. The highest BCUT2D eigenvalue weighted by atomic mass is 16.5. The number of pyridine rings is 1. The molecule has 8 heteroatoms. The molecule has 1 saturated heterocycles. The summed E-state index contributed by atoms with van der Waals surface area (Å²) in [6, 6.07) is 4.19. The van der Waals surface area contributed by atoms with Crippen molar-refractivity contribution in [3.63, 3.8) is 0 Å². The number of anilines is 1. The van der Waals surface area contributed by atoms with E-state index in [-0.39, 0.29) is 5.91 Å². The Hall–Kier alpha value is -2.48. The zero-order valence-electron chi connectivity index (χ0n) is 17.3. The Bertz CT molecular complexity index is 830. The second-order valence-corrected chi connectivity index (χ2v) is 8.32. The van der Waals surface area contributed by atoms with Gasteiger partial charge in [0.2, 0.25) is 5.91 Å². The van der Waals surface area contributed by atoms with Crippen LogP contribution in [-0.4, -0.2) is 64.7 Å². The molecule has 0 radical (unpaired) electrons. The Kier molecular flexibility index (Phi) is 6.08. The molecule has 3 heterocycles. The first-order valence-corrected chi connectivity index (χ1v) is 10.6. The van der Waals surface area contributed by atoms with Gasteiger partial charge in [0.25, 0.3) is 5.89 Å². The minimum Gasteiger partial charge on any atom is -0.353 e. The first-order valence-electron chi connectivity index (χ1n) is 10.6. The van der Waals surface area contributed by atoms with Gasteiger partial charge in [0.1, 0.15) is 5.82 Å². The van der Waals surface area contributed by atoms with E-state index < -0.39 is 0 Å². The second kappa shape index (κ2) is 8.90. The minimum atomic E-state index is 0.150. The Labute approximate surface area is 171 Å². The van der Waals surface area contributed by atoms with Gasteiger partial charge in [0, 0.05) is 38.4 Å². The predicted molar refractivity (Wildman–Crippen MR) is 110 cm³/mol. The summed E-state index contributed by atoms with van der Waals surface area (Å²) < 4.78 is 5.34. The van der Waals surface area contributed by atoms with Crippen LogP contribution in [0.3, 0.4) is 0 Å². The number of nitrogens with one attached hydrogen (secondary N) is 1. The average Bonchev–Trinajstić information content (AvgIpc) is 3.15. The number of aryl methyl sites for hydroxylation is 1. The summed E-state index contributed by atoms with van der Waals surface area (Å²) in [5.74, 6) is 2.83. The lowest BCUT2D eigenvalue weighted by atomic mass is 9.87. The second-order valence-electron chi connectivity index (χ2n) is 8.32. The monoisotopic (exact) mass is 398 g/mol. The van der Waals surface area contributed by atoms with Crippen LogP contribution in [0.15, 0.2) is 22.9 Å². The van der Waals surface area contributed by atoms with Crippen LogP contribution in [-0.2, 0) is 4.79 Å². The third kappa shape index (κ3) is 4.93. The summed E-state index contributed by atoms with van der Waals surface area (Å²) in [4.78, 5) is 25.8. The van der Waals surface area contributed by atoms with Gasteiger partial charge < -0.3 is 14.7 Å². The molecule has 0 aromatic carbocycles. The molecule has 1 aliphatic carbocycles. The predicted octanol–water partition coefficient (Wildman–Crippen LogP) is 2.26. The van der Waals surface area contributed by atoms with Crippen LogP contribution in [0.4, 0.5) is 5.82 Å². The molecule has 1 saturated carbocycles. The molecule has 29 heavy (non-hydrogen) atoms. The van der Waals surface area contributed by atoms with Crippen molar-refractivity contribution in [2.75, 3.05) is 37.6 Å². The van der Waals surface area contributed by atoms with Gasteiger partial charge >= 0.3 is 0 Å². The molecule has 1 N–H and O–H groups in total. The molecule has 2 aromatic heterocycles. The van der Waals surface area contributed by atoms with Gasteiger partial charge in [0.05, 0.1) is 12.1 Å². The van der Waals surface area contributed by atoms with Crippen molar-refractivity contribution in [3.8, 4) is 11.5 Å². The molecule has 8 nitrogen and oxygen atoms in total. The number of carbonyl (C=O) groups is 1. The number of aromatic nitrogens is 3. The lowest BCUT2D eigenvalue weighted by molar-refractivity contribution is -0.123. The highest BCUT2D eigenvalue weighted by Crippen LogP contribution is 2.28. The van der Waals surface area contributed by atoms with Gasteiger partial charge in [0.15, 0.2) is 5.82 Å². The smallest absolute Gasteiger partial charge is 0.261 e. The fraction of sp³-hybridized carbons (Fsp3) is 0.619. The number of rotatable bonds is 5. The van der Waals surface area contributed by atoms with E-state index in [0.29, 0.717) is 30.2 Å². The highest BCUT2D eigenvalue weighted by Gasteiger charge is 2.25. The Morgan fingerprint density at radius 2 is 2.10 bits per heavy atom. The quantitative estimate of drug-likeness (QED) is 0.826. The maximum Gasteiger partial charge on any atom is 0.261 e. The van der Waals surface area contributed by atoms with Crippen molar-refractivity contribution >= 4 is 11.7 Å². The Balaban J connectivity index is 1.31. The van der Waals surface area contributed by atoms with Crippen molar-refractivity contribution in [1.82, 2.24) is 25.3 Å². The molecule has 4 rings (SSSR count). The summed E-state index contributed by atoms with van der Waals surface area (Å²) in [6.45, 7) is 7.83.